The molecule has 0 aromatic heterocycles. The van der Waals surface area contributed by atoms with Crippen molar-refractivity contribution >= 4 is 29.9 Å². The minimum Gasteiger partial charge on any atom is -0.491 e. The van der Waals surface area contributed by atoms with Crippen LogP contribution in [0, 0.1) is 6.92 Å². The van der Waals surface area contributed by atoms with Gasteiger partial charge in [-0.1, -0.05) is 12.1 Å². The molecule has 1 aromatic carbocycles. The quantitative estimate of drug-likeness (QED) is 0.411. The van der Waals surface area contributed by atoms with Gasteiger partial charge in [0.15, 0.2) is 5.96 Å². The number of halogens is 1. The van der Waals surface area contributed by atoms with Gasteiger partial charge >= 0.3 is 0 Å². The molecule has 1 atom stereocenters. The van der Waals surface area contributed by atoms with Crippen LogP contribution in [0.25, 0.3) is 0 Å². The van der Waals surface area contributed by atoms with Crippen LogP contribution in [0.5, 0.6) is 5.75 Å². The Morgan fingerprint density at radius 3 is 2.91 bits per heavy atom. The fourth-order valence-corrected chi connectivity index (χ4v) is 2.41. The van der Waals surface area contributed by atoms with Gasteiger partial charge in [-0.3, -0.25) is 0 Å². The van der Waals surface area contributed by atoms with Gasteiger partial charge in [0.05, 0.1) is 18.8 Å². The Kier molecular flexibility index (Phi) is 8.68. The van der Waals surface area contributed by atoms with Crippen molar-refractivity contribution in [3.8, 4) is 5.75 Å². The fourth-order valence-electron chi connectivity index (χ4n) is 2.41. The van der Waals surface area contributed by atoms with Gasteiger partial charge in [0, 0.05) is 18.7 Å². The molecule has 0 amide bonds. The van der Waals surface area contributed by atoms with Crippen LogP contribution < -0.4 is 15.8 Å². The van der Waals surface area contributed by atoms with Crippen molar-refractivity contribution in [2.24, 2.45) is 10.7 Å². The minimum atomic E-state index is 0. The predicted molar refractivity (Wildman–Crippen MR) is 105 cm³/mol. The van der Waals surface area contributed by atoms with Crippen molar-refractivity contribution in [3.63, 3.8) is 0 Å². The molecule has 6 heteroatoms. The molecule has 0 radical (unpaired) electrons. The van der Waals surface area contributed by atoms with Crippen LogP contribution in [0.3, 0.4) is 0 Å². The second-order valence-corrected chi connectivity index (χ2v) is 6.00. The number of nitrogens with zero attached hydrogens (tertiary/aromatic N) is 1. The Bertz CT molecular complexity index is 515. The summed E-state index contributed by atoms with van der Waals surface area (Å²) >= 11 is 0. The largest absolute Gasteiger partial charge is 0.491 e. The van der Waals surface area contributed by atoms with Gasteiger partial charge in [-0.2, -0.15) is 0 Å². The monoisotopic (exact) mass is 433 g/mol. The number of nitrogens with two attached hydrogens (primary N) is 1. The number of nitrogens with one attached hydrogen (secondary N) is 1. The maximum absolute atomic E-state index is 5.92. The standard InChI is InChI=1S/C17H27N3O2.HI/c1-12(2)22-16-9-13(3)6-7-14(16)10-19-17(18)20-11-15-5-4-8-21-15;/h6-7,9,12,15H,4-5,8,10-11H2,1-3H3,(H3,18,19,20);1H. The summed E-state index contributed by atoms with van der Waals surface area (Å²) in [5, 5.41) is 3.13. The molecule has 23 heavy (non-hydrogen) atoms. The van der Waals surface area contributed by atoms with Gasteiger partial charge in [-0.25, -0.2) is 4.99 Å². The van der Waals surface area contributed by atoms with Crippen LogP contribution in [-0.2, 0) is 11.3 Å². The minimum absolute atomic E-state index is 0. The molecule has 0 aliphatic carbocycles. The van der Waals surface area contributed by atoms with E-state index in [-0.39, 0.29) is 36.2 Å². The third-order valence-corrected chi connectivity index (χ3v) is 3.54. The SMILES string of the molecule is Cc1ccc(CN=C(N)NCC2CCCO2)c(OC(C)C)c1.I. The summed E-state index contributed by atoms with van der Waals surface area (Å²) in [4.78, 5) is 4.40. The molecule has 3 N–H and O–H groups in total. The van der Waals surface area contributed by atoms with Crippen LogP contribution in [-0.4, -0.2) is 31.3 Å². The lowest BCUT2D eigenvalue weighted by atomic mass is 10.1. The third-order valence-electron chi connectivity index (χ3n) is 3.54. The lowest BCUT2D eigenvalue weighted by molar-refractivity contribution is 0.114. The summed E-state index contributed by atoms with van der Waals surface area (Å²) in [5.41, 5.74) is 8.14. The van der Waals surface area contributed by atoms with Crippen molar-refractivity contribution in [1.82, 2.24) is 5.32 Å². The molecule has 1 unspecified atom stereocenters. The molecule has 1 saturated heterocycles. The van der Waals surface area contributed by atoms with E-state index in [1.165, 1.54) is 5.56 Å². The first-order chi connectivity index (χ1) is 10.5. The van der Waals surface area contributed by atoms with Gasteiger partial charge in [0.1, 0.15) is 5.75 Å². The third kappa shape index (κ3) is 6.95. The molecular weight excluding hydrogens is 405 g/mol. The maximum Gasteiger partial charge on any atom is 0.189 e. The van der Waals surface area contributed by atoms with E-state index in [9.17, 15) is 0 Å². The molecule has 0 saturated carbocycles. The van der Waals surface area contributed by atoms with E-state index in [1.807, 2.05) is 26.0 Å². The second kappa shape index (κ2) is 9.97. The van der Waals surface area contributed by atoms with Crippen LogP contribution in [0.15, 0.2) is 23.2 Å². The van der Waals surface area contributed by atoms with Gasteiger partial charge < -0.3 is 20.5 Å². The molecule has 0 spiro atoms. The number of ether oxygens (including phenoxy) is 2. The number of hydrogen-bond donors (Lipinski definition) is 2. The molecular formula is C17H28IN3O2. The molecule has 5 nitrogen and oxygen atoms in total. The highest BCUT2D eigenvalue weighted by Gasteiger charge is 2.15. The zero-order valence-corrected chi connectivity index (χ0v) is 16.5. The van der Waals surface area contributed by atoms with E-state index < -0.39 is 0 Å². The van der Waals surface area contributed by atoms with Crippen molar-refractivity contribution in [3.05, 3.63) is 29.3 Å². The van der Waals surface area contributed by atoms with Gasteiger partial charge in [-0.15, -0.1) is 24.0 Å². The van der Waals surface area contributed by atoms with Crippen molar-refractivity contribution in [1.29, 1.82) is 0 Å². The van der Waals surface area contributed by atoms with Crippen LogP contribution >= 0.6 is 24.0 Å². The topological polar surface area (TPSA) is 68.9 Å². The zero-order valence-electron chi connectivity index (χ0n) is 14.2. The van der Waals surface area contributed by atoms with E-state index >= 15 is 0 Å². The molecule has 1 aliphatic rings. The molecule has 2 rings (SSSR count). The average Bonchev–Trinajstić information content (AvgIpc) is 2.97. The second-order valence-electron chi connectivity index (χ2n) is 6.00. The Balaban J connectivity index is 0.00000264. The normalized spacial score (nSPS) is 17.9. The number of benzene rings is 1. The first-order valence-electron chi connectivity index (χ1n) is 7.96. The number of aryl methyl sites for hydroxylation is 1. The summed E-state index contributed by atoms with van der Waals surface area (Å²) in [6, 6.07) is 6.15. The highest BCUT2D eigenvalue weighted by molar-refractivity contribution is 14.0. The van der Waals surface area contributed by atoms with E-state index in [4.69, 9.17) is 15.2 Å². The van der Waals surface area contributed by atoms with E-state index in [0.717, 1.165) is 37.3 Å². The number of hydrogen-bond acceptors (Lipinski definition) is 3. The molecule has 1 aliphatic heterocycles. The van der Waals surface area contributed by atoms with Gasteiger partial charge in [-0.05, 0) is 45.2 Å². The van der Waals surface area contributed by atoms with Gasteiger partial charge in [0.25, 0.3) is 0 Å². The number of rotatable bonds is 6. The molecule has 130 valence electrons. The maximum atomic E-state index is 5.92. The Morgan fingerprint density at radius 2 is 2.26 bits per heavy atom. The first-order valence-corrected chi connectivity index (χ1v) is 7.96. The summed E-state index contributed by atoms with van der Waals surface area (Å²) in [7, 11) is 0. The van der Waals surface area contributed by atoms with E-state index in [1.54, 1.807) is 0 Å². The molecule has 0 bridgehead atoms. The summed E-state index contributed by atoms with van der Waals surface area (Å²) in [6.07, 6.45) is 2.61. The molecule has 1 aromatic rings. The van der Waals surface area contributed by atoms with E-state index in [2.05, 4.69) is 23.3 Å². The lowest BCUT2D eigenvalue weighted by Crippen LogP contribution is -2.37. The van der Waals surface area contributed by atoms with Crippen molar-refractivity contribution in [2.75, 3.05) is 13.2 Å². The van der Waals surface area contributed by atoms with Crippen LogP contribution in [0.4, 0.5) is 0 Å². The van der Waals surface area contributed by atoms with Crippen LogP contribution in [0.1, 0.15) is 37.8 Å². The zero-order chi connectivity index (χ0) is 15.9. The van der Waals surface area contributed by atoms with Crippen molar-refractivity contribution in [2.45, 2.75) is 52.4 Å². The Morgan fingerprint density at radius 1 is 1.48 bits per heavy atom. The van der Waals surface area contributed by atoms with E-state index in [0.29, 0.717) is 12.5 Å². The fraction of sp³-hybridized carbons (Fsp3) is 0.588. The summed E-state index contributed by atoms with van der Waals surface area (Å²) in [6.45, 7) is 8.17. The summed E-state index contributed by atoms with van der Waals surface area (Å²) < 4.78 is 11.4. The Hall–Kier alpha value is -1.02. The first kappa shape index (κ1) is 20.0. The highest BCUT2D eigenvalue weighted by atomic mass is 127. The van der Waals surface area contributed by atoms with Crippen LogP contribution in [0.2, 0.25) is 0 Å². The van der Waals surface area contributed by atoms with Gasteiger partial charge in [0.2, 0.25) is 0 Å². The number of aliphatic imine (C=N–C) groups is 1. The lowest BCUT2D eigenvalue weighted by Gasteiger charge is -2.15. The van der Waals surface area contributed by atoms with Crippen molar-refractivity contribution < 1.29 is 9.47 Å². The average molecular weight is 433 g/mol. The predicted octanol–water partition coefficient (Wildman–Crippen LogP) is 2.98. The molecule has 1 fully saturated rings. The number of guanidine groups is 1. The smallest absolute Gasteiger partial charge is 0.189 e. The summed E-state index contributed by atoms with van der Waals surface area (Å²) in [5.74, 6) is 1.33. The Labute approximate surface area is 156 Å². The molecule has 1 heterocycles. The highest BCUT2D eigenvalue weighted by Crippen LogP contribution is 2.22.